The Hall–Kier alpha value is -6.65. The van der Waals surface area contributed by atoms with Gasteiger partial charge in [-0.25, -0.2) is 15.0 Å². The van der Waals surface area contributed by atoms with Crippen molar-refractivity contribution in [3.05, 3.63) is 198 Å². The predicted molar refractivity (Wildman–Crippen MR) is 199 cm³/mol. The second kappa shape index (κ2) is 11.2. The van der Waals surface area contributed by atoms with E-state index in [0.717, 1.165) is 44.9 Å². The lowest BCUT2D eigenvalue weighted by Crippen LogP contribution is -2.32. The fourth-order valence-electron chi connectivity index (χ4n) is 7.88. The molecule has 8 aromatic rings. The van der Waals surface area contributed by atoms with E-state index < -0.39 is 5.41 Å². The van der Waals surface area contributed by atoms with Gasteiger partial charge in [-0.1, -0.05) is 164 Å². The number of fused-ring (bicyclic) bond motifs is 9. The molecule has 1 aliphatic heterocycles. The highest BCUT2D eigenvalue weighted by atomic mass is 16.5. The molecule has 2 aliphatic rings. The lowest BCUT2D eigenvalue weighted by Gasteiger charge is -2.39. The number of hydrogen-bond donors (Lipinski definition) is 0. The number of benzene rings is 7. The molecule has 0 radical (unpaired) electrons. The molecule has 50 heavy (non-hydrogen) atoms. The minimum atomic E-state index is -0.500. The van der Waals surface area contributed by atoms with Crippen LogP contribution in [-0.4, -0.2) is 15.0 Å². The second-order valence-corrected chi connectivity index (χ2v) is 12.7. The summed E-state index contributed by atoms with van der Waals surface area (Å²) in [6.45, 7) is 0. The fourth-order valence-corrected chi connectivity index (χ4v) is 7.88. The molecule has 1 aliphatic carbocycles. The fraction of sp³-hybridized carbons (Fsp3) is 0.0217. The van der Waals surface area contributed by atoms with Crippen LogP contribution in [0.4, 0.5) is 0 Å². The normalized spacial score (nSPS) is 13.1. The van der Waals surface area contributed by atoms with Gasteiger partial charge in [0.15, 0.2) is 17.5 Å². The van der Waals surface area contributed by atoms with E-state index in [1.54, 1.807) is 0 Å². The topological polar surface area (TPSA) is 47.9 Å². The van der Waals surface area contributed by atoms with Crippen LogP contribution in [0.5, 0.6) is 11.5 Å². The average Bonchev–Trinajstić information content (AvgIpc) is 3.49. The molecule has 4 heteroatoms. The van der Waals surface area contributed by atoms with Crippen LogP contribution >= 0.6 is 0 Å². The van der Waals surface area contributed by atoms with Crippen molar-refractivity contribution in [1.82, 2.24) is 15.0 Å². The first-order valence-corrected chi connectivity index (χ1v) is 16.9. The van der Waals surface area contributed by atoms with Crippen LogP contribution in [0.1, 0.15) is 22.3 Å². The van der Waals surface area contributed by atoms with Crippen LogP contribution in [0.3, 0.4) is 0 Å². The summed E-state index contributed by atoms with van der Waals surface area (Å²) >= 11 is 0. The van der Waals surface area contributed by atoms with Gasteiger partial charge < -0.3 is 4.74 Å². The van der Waals surface area contributed by atoms with Gasteiger partial charge in [-0.2, -0.15) is 0 Å². The summed E-state index contributed by atoms with van der Waals surface area (Å²) in [4.78, 5) is 14.8. The molecule has 0 saturated carbocycles. The van der Waals surface area contributed by atoms with E-state index in [1.165, 1.54) is 27.8 Å². The molecular weight excluding hydrogens is 611 g/mol. The van der Waals surface area contributed by atoms with Gasteiger partial charge in [-0.3, -0.25) is 0 Å². The van der Waals surface area contributed by atoms with Crippen molar-refractivity contribution in [2.24, 2.45) is 0 Å². The summed E-state index contributed by atoms with van der Waals surface area (Å²) < 4.78 is 6.52. The maximum atomic E-state index is 6.52. The van der Waals surface area contributed by atoms with Gasteiger partial charge in [0.1, 0.15) is 11.5 Å². The molecule has 7 aromatic carbocycles. The minimum absolute atomic E-state index is 0.500. The van der Waals surface area contributed by atoms with Crippen LogP contribution < -0.4 is 4.74 Å². The zero-order valence-corrected chi connectivity index (χ0v) is 27.0. The van der Waals surface area contributed by atoms with E-state index in [9.17, 15) is 0 Å². The highest BCUT2D eigenvalue weighted by Gasteiger charge is 2.51. The summed E-state index contributed by atoms with van der Waals surface area (Å²) in [5, 5.41) is 0. The van der Waals surface area contributed by atoms with Gasteiger partial charge in [-0.15, -0.1) is 0 Å². The van der Waals surface area contributed by atoms with E-state index in [2.05, 4.69) is 115 Å². The third-order valence-electron chi connectivity index (χ3n) is 10.0. The first-order chi connectivity index (χ1) is 24.8. The number of ether oxygens (including phenoxy) is 1. The van der Waals surface area contributed by atoms with Crippen molar-refractivity contribution in [2.45, 2.75) is 5.41 Å². The van der Waals surface area contributed by atoms with Crippen molar-refractivity contribution in [3.8, 4) is 67.9 Å². The van der Waals surface area contributed by atoms with Gasteiger partial charge in [0.05, 0.1) is 5.41 Å². The van der Waals surface area contributed by atoms with Gasteiger partial charge >= 0.3 is 0 Å². The predicted octanol–water partition coefficient (Wildman–Crippen LogP) is 11.0. The zero-order chi connectivity index (χ0) is 33.1. The van der Waals surface area contributed by atoms with E-state index in [0.29, 0.717) is 17.5 Å². The molecule has 0 saturated heterocycles. The van der Waals surface area contributed by atoms with Crippen LogP contribution in [0.25, 0.3) is 56.4 Å². The Morgan fingerprint density at radius 1 is 0.320 bits per heavy atom. The maximum Gasteiger partial charge on any atom is 0.164 e. The quantitative estimate of drug-likeness (QED) is 0.192. The van der Waals surface area contributed by atoms with Crippen molar-refractivity contribution in [1.29, 1.82) is 0 Å². The first kappa shape index (κ1) is 28.4. The molecule has 0 unspecified atom stereocenters. The van der Waals surface area contributed by atoms with Crippen molar-refractivity contribution >= 4 is 0 Å². The third-order valence-corrected chi connectivity index (χ3v) is 10.0. The SMILES string of the molecule is c1ccc(-c2nc(-c3ccccc3)nc(-c3ccc(-c4cccc5c4-c4ccccc4C54c5ccccc5Oc5ccccc54)cc3)n2)cc1. The van der Waals surface area contributed by atoms with Crippen LogP contribution in [0.15, 0.2) is 176 Å². The van der Waals surface area contributed by atoms with Crippen molar-refractivity contribution in [2.75, 3.05) is 0 Å². The highest BCUT2D eigenvalue weighted by molar-refractivity contribution is 5.96. The Morgan fingerprint density at radius 3 is 1.32 bits per heavy atom. The highest BCUT2D eigenvalue weighted by Crippen LogP contribution is 2.63. The molecule has 0 fully saturated rings. The second-order valence-electron chi connectivity index (χ2n) is 12.7. The third kappa shape index (κ3) is 4.22. The largest absolute Gasteiger partial charge is 0.457 e. The van der Waals surface area contributed by atoms with Crippen LogP contribution in [-0.2, 0) is 5.41 Å². The molecule has 4 nitrogen and oxygen atoms in total. The lowest BCUT2D eigenvalue weighted by atomic mass is 9.66. The molecule has 1 aromatic heterocycles. The smallest absolute Gasteiger partial charge is 0.164 e. The van der Waals surface area contributed by atoms with Gasteiger partial charge in [0, 0.05) is 27.8 Å². The Balaban J connectivity index is 1.14. The van der Waals surface area contributed by atoms with Crippen LogP contribution in [0.2, 0.25) is 0 Å². The molecule has 0 atom stereocenters. The van der Waals surface area contributed by atoms with E-state index in [-0.39, 0.29) is 0 Å². The molecule has 1 spiro atoms. The minimum Gasteiger partial charge on any atom is -0.457 e. The number of rotatable bonds is 4. The molecular formula is C46H29N3O. The van der Waals surface area contributed by atoms with Crippen molar-refractivity contribution in [3.63, 3.8) is 0 Å². The standard InChI is InChI=1S/C46H29N3O/c1-3-14-31(15-4-1)43-47-44(32-16-5-2-6-17-32)49-45(48-43)33-28-26-30(27-29-33)34-19-13-23-39-42(34)35-18-7-8-20-36(35)46(39)37-21-9-11-24-40(37)50-41-25-12-10-22-38(41)46/h1-29H. The summed E-state index contributed by atoms with van der Waals surface area (Å²) in [6.07, 6.45) is 0. The van der Waals surface area contributed by atoms with Crippen molar-refractivity contribution < 1.29 is 4.74 Å². The lowest BCUT2D eigenvalue weighted by molar-refractivity contribution is 0.436. The molecule has 234 valence electrons. The summed E-state index contributed by atoms with van der Waals surface area (Å²) in [5.41, 5.74) is 12.0. The summed E-state index contributed by atoms with van der Waals surface area (Å²) in [7, 11) is 0. The first-order valence-electron chi connectivity index (χ1n) is 16.9. The molecule has 0 bridgehead atoms. The summed E-state index contributed by atoms with van der Waals surface area (Å²) in [6, 6.07) is 61.4. The zero-order valence-electron chi connectivity index (χ0n) is 27.0. The molecule has 10 rings (SSSR count). The van der Waals surface area contributed by atoms with Gasteiger partial charge in [0.25, 0.3) is 0 Å². The van der Waals surface area contributed by atoms with E-state index in [1.807, 2.05) is 60.7 Å². The molecule has 0 amide bonds. The number of hydrogen-bond acceptors (Lipinski definition) is 4. The Kier molecular flexibility index (Phi) is 6.36. The van der Waals surface area contributed by atoms with Gasteiger partial charge in [0.2, 0.25) is 0 Å². The number of nitrogens with zero attached hydrogens (tertiary/aromatic N) is 3. The Bertz CT molecular complexity index is 2460. The average molecular weight is 640 g/mol. The Morgan fingerprint density at radius 2 is 0.740 bits per heavy atom. The van der Waals surface area contributed by atoms with E-state index in [4.69, 9.17) is 19.7 Å². The number of aromatic nitrogens is 3. The molecule has 2 heterocycles. The molecule has 0 N–H and O–H groups in total. The maximum absolute atomic E-state index is 6.52. The number of para-hydroxylation sites is 2. The Labute approximate surface area is 290 Å². The monoisotopic (exact) mass is 639 g/mol. The summed E-state index contributed by atoms with van der Waals surface area (Å²) in [5.74, 6) is 3.73. The van der Waals surface area contributed by atoms with Crippen LogP contribution in [0, 0.1) is 0 Å². The van der Waals surface area contributed by atoms with E-state index >= 15 is 0 Å². The van der Waals surface area contributed by atoms with Gasteiger partial charge in [-0.05, 0) is 45.5 Å².